The maximum atomic E-state index is 12.0. The Hall–Kier alpha value is -1.78. The maximum absolute atomic E-state index is 12.0. The third-order valence-electron chi connectivity index (χ3n) is 3.65. The summed E-state index contributed by atoms with van der Waals surface area (Å²) in [5, 5.41) is 9.55. The number of rotatable bonds is 4. The smallest absolute Gasteiger partial charge is 0.410 e. The van der Waals surface area contributed by atoms with Crippen LogP contribution in [0.2, 0.25) is 0 Å². The Morgan fingerprint density at radius 2 is 2.35 bits per heavy atom. The first kappa shape index (κ1) is 14.6. The molecule has 1 aromatic rings. The van der Waals surface area contributed by atoms with Gasteiger partial charge in [0.1, 0.15) is 5.75 Å². The van der Waals surface area contributed by atoms with Crippen molar-refractivity contribution in [1.82, 2.24) is 9.88 Å². The Balaban J connectivity index is 2.10. The monoisotopic (exact) mass is 278 g/mol. The third-order valence-corrected chi connectivity index (χ3v) is 3.65. The minimum atomic E-state index is -0.272. The number of aromatic hydroxyl groups is 1. The average molecular weight is 278 g/mol. The Bertz CT molecular complexity index is 476. The third kappa shape index (κ3) is 3.21. The number of amides is 1. The molecule has 0 aliphatic carbocycles. The van der Waals surface area contributed by atoms with E-state index in [1.807, 2.05) is 0 Å². The largest absolute Gasteiger partial charge is 0.506 e. The van der Waals surface area contributed by atoms with Crippen LogP contribution in [0.5, 0.6) is 5.75 Å². The first-order valence-corrected chi connectivity index (χ1v) is 7.25. The normalized spacial score (nSPS) is 17.7. The molecule has 0 spiro atoms. The predicted octanol–water partition coefficient (Wildman–Crippen LogP) is 3.03. The molecule has 110 valence electrons. The number of hydrogen-bond acceptors (Lipinski definition) is 4. The number of carbonyl (C=O) groups excluding carboxylic acids is 1. The highest BCUT2D eigenvalue weighted by atomic mass is 16.6. The van der Waals surface area contributed by atoms with E-state index in [2.05, 4.69) is 18.8 Å². The van der Waals surface area contributed by atoms with Crippen molar-refractivity contribution in [3.8, 4) is 5.75 Å². The molecule has 0 aromatic carbocycles. The summed E-state index contributed by atoms with van der Waals surface area (Å²) in [6.07, 6.45) is 3.99. The minimum absolute atomic E-state index is 0.139. The van der Waals surface area contributed by atoms with Gasteiger partial charge < -0.3 is 14.7 Å². The van der Waals surface area contributed by atoms with Gasteiger partial charge in [-0.2, -0.15) is 0 Å². The molecule has 1 aliphatic heterocycles. The lowest BCUT2D eigenvalue weighted by Gasteiger charge is -2.32. The number of carbonyl (C=O) groups is 1. The molecule has 2 heterocycles. The van der Waals surface area contributed by atoms with Gasteiger partial charge >= 0.3 is 6.09 Å². The second-order valence-corrected chi connectivity index (χ2v) is 5.19. The molecular weight excluding hydrogens is 256 g/mol. The summed E-state index contributed by atoms with van der Waals surface area (Å²) in [6, 6.07) is 1.69. The quantitative estimate of drug-likeness (QED) is 0.860. The van der Waals surface area contributed by atoms with Crippen molar-refractivity contribution in [2.75, 3.05) is 13.2 Å². The van der Waals surface area contributed by atoms with Gasteiger partial charge in [0.25, 0.3) is 0 Å². The van der Waals surface area contributed by atoms with Gasteiger partial charge in [-0.1, -0.05) is 20.3 Å². The number of aromatic nitrogens is 1. The molecule has 1 amide bonds. The Morgan fingerprint density at radius 1 is 1.55 bits per heavy atom. The Morgan fingerprint density at radius 3 is 3.05 bits per heavy atom. The number of hydrogen-bond donors (Lipinski definition) is 1. The fraction of sp³-hybridized carbons (Fsp3) is 0.600. The molecule has 0 saturated carbocycles. The van der Waals surface area contributed by atoms with E-state index >= 15 is 0 Å². The lowest BCUT2D eigenvalue weighted by Crippen LogP contribution is -2.39. The van der Waals surface area contributed by atoms with Gasteiger partial charge in [-0.05, 0) is 24.5 Å². The number of fused-ring (bicyclic) bond motifs is 1. The fourth-order valence-electron chi connectivity index (χ4n) is 2.48. The van der Waals surface area contributed by atoms with Crippen LogP contribution in [0.1, 0.15) is 50.3 Å². The van der Waals surface area contributed by atoms with Gasteiger partial charge in [0.15, 0.2) is 0 Å². The van der Waals surface area contributed by atoms with Crippen molar-refractivity contribution in [3.63, 3.8) is 0 Å². The van der Waals surface area contributed by atoms with Crippen LogP contribution < -0.4 is 0 Å². The standard InChI is InChI=1S/C15H22N2O3/c1-3-5-6-20-15(19)17-9-11(4-2)14-12(10-17)7-13(18)8-16-14/h7-8,11,18H,3-6,9-10H2,1-2H3. The fourth-order valence-corrected chi connectivity index (χ4v) is 2.48. The molecule has 2 rings (SSSR count). The van der Waals surface area contributed by atoms with Crippen LogP contribution in [-0.2, 0) is 11.3 Å². The highest BCUT2D eigenvalue weighted by molar-refractivity contribution is 5.68. The summed E-state index contributed by atoms with van der Waals surface area (Å²) in [4.78, 5) is 18.1. The van der Waals surface area contributed by atoms with Crippen molar-refractivity contribution < 1.29 is 14.6 Å². The van der Waals surface area contributed by atoms with Crippen molar-refractivity contribution in [2.45, 2.75) is 45.6 Å². The molecule has 1 N–H and O–H groups in total. The van der Waals surface area contributed by atoms with E-state index in [1.54, 1.807) is 11.0 Å². The first-order valence-electron chi connectivity index (χ1n) is 7.25. The van der Waals surface area contributed by atoms with Gasteiger partial charge in [0.2, 0.25) is 0 Å². The van der Waals surface area contributed by atoms with E-state index in [0.29, 0.717) is 19.7 Å². The maximum Gasteiger partial charge on any atom is 0.410 e. The summed E-state index contributed by atoms with van der Waals surface area (Å²) >= 11 is 0. The van der Waals surface area contributed by atoms with Crippen LogP contribution in [-0.4, -0.2) is 34.2 Å². The van der Waals surface area contributed by atoms with Gasteiger partial charge in [-0.15, -0.1) is 0 Å². The highest BCUT2D eigenvalue weighted by Gasteiger charge is 2.29. The van der Waals surface area contributed by atoms with Gasteiger partial charge in [-0.3, -0.25) is 4.98 Å². The topological polar surface area (TPSA) is 62.7 Å². The number of ether oxygens (including phenoxy) is 1. The molecule has 5 nitrogen and oxygen atoms in total. The molecule has 20 heavy (non-hydrogen) atoms. The van der Waals surface area contributed by atoms with E-state index < -0.39 is 0 Å². The molecule has 5 heteroatoms. The first-order chi connectivity index (χ1) is 9.65. The predicted molar refractivity (Wildman–Crippen MR) is 75.6 cm³/mol. The molecule has 1 aromatic heterocycles. The van der Waals surface area contributed by atoms with Crippen molar-refractivity contribution >= 4 is 6.09 Å². The summed E-state index contributed by atoms with van der Waals surface area (Å²) in [5.74, 6) is 0.345. The summed E-state index contributed by atoms with van der Waals surface area (Å²) in [6.45, 7) is 5.69. The van der Waals surface area contributed by atoms with Crippen LogP contribution in [0.25, 0.3) is 0 Å². The molecule has 0 fully saturated rings. The van der Waals surface area contributed by atoms with E-state index in [-0.39, 0.29) is 17.8 Å². The summed E-state index contributed by atoms with van der Waals surface area (Å²) < 4.78 is 5.26. The molecule has 1 atom stereocenters. The van der Waals surface area contributed by atoms with E-state index in [9.17, 15) is 9.90 Å². The SMILES string of the molecule is CCCCOC(=O)N1Cc2cc(O)cnc2C(CC)C1. The zero-order chi connectivity index (χ0) is 14.5. The van der Waals surface area contributed by atoms with Gasteiger partial charge in [0.05, 0.1) is 25.0 Å². The lowest BCUT2D eigenvalue weighted by atomic mass is 9.93. The molecule has 1 aliphatic rings. The van der Waals surface area contributed by atoms with Gasteiger partial charge in [-0.25, -0.2) is 4.79 Å². The second-order valence-electron chi connectivity index (χ2n) is 5.19. The Kier molecular flexibility index (Phi) is 4.82. The summed E-state index contributed by atoms with van der Waals surface area (Å²) in [5.41, 5.74) is 1.90. The van der Waals surface area contributed by atoms with Crippen LogP contribution in [0.4, 0.5) is 4.79 Å². The summed E-state index contributed by atoms with van der Waals surface area (Å²) in [7, 11) is 0. The molecule has 0 bridgehead atoms. The van der Waals surface area contributed by atoms with Crippen molar-refractivity contribution in [2.24, 2.45) is 0 Å². The van der Waals surface area contributed by atoms with Gasteiger partial charge in [0, 0.05) is 12.5 Å². The van der Waals surface area contributed by atoms with Crippen LogP contribution in [0.3, 0.4) is 0 Å². The average Bonchev–Trinajstić information content (AvgIpc) is 2.45. The molecule has 1 unspecified atom stereocenters. The van der Waals surface area contributed by atoms with E-state index in [4.69, 9.17) is 4.74 Å². The van der Waals surface area contributed by atoms with Crippen LogP contribution >= 0.6 is 0 Å². The van der Waals surface area contributed by atoms with Crippen LogP contribution in [0.15, 0.2) is 12.3 Å². The van der Waals surface area contributed by atoms with E-state index in [1.165, 1.54) is 6.20 Å². The second kappa shape index (κ2) is 6.59. The van der Waals surface area contributed by atoms with Crippen LogP contribution in [0, 0.1) is 0 Å². The molecule has 0 radical (unpaired) electrons. The zero-order valence-corrected chi connectivity index (χ0v) is 12.1. The molecule has 0 saturated heterocycles. The zero-order valence-electron chi connectivity index (χ0n) is 12.1. The minimum Gasteiger partial charge on any atom is -0.506 e. The number of nitrogens with zero attached hydrogens (tertiary/aromatic N) is 2. The Labute approximate surface area is 119 Å². The number of pyridine rings is 1. The lowest BCUT2D eigenvalue weighted by molar-refractivity contribution is 0.0921. The van der Waals surface area contributed by atoms with Crippen molar-refractivity contribution in [1.29, 1.82) is 0 Å². The van der Waals surface area contributed by atoms with E-state index in [0.717, 1.165) is 30.5 Å². The van der Waals surface area contributed by atoms with Crippen molar-refractivity contribution in [3.05, 3.63) is 23.5 Å². The number of unbranched alkanes of at least 4 members (excludes halogenated alkanes) is 1. The molecular formula is C15H22N2O3. The highest BCUT2D eigenvalue weighted by Crippen LogP contribution is 2.30.